The van der Waals surface area contributed by atoms with Gasteiger partial charge in [-0.1, -0.05) is 6.42 Å². The Balaban J connectivity index is 1.33. The fourth-order valence-corrected chi connectivity index (χ4v) is 5.31. The summed E-state index contributed by atoms with van der Waals surface area (Å²) in [6, 6.07) is 0.159. The number of hydrogen-bond donors (Lipinski definition) is 4. The molecule has 3 aliphatic rings. The maximum absolute atomic E-state index is 10.3. The van der Waals surface area contributed by atoms with Gasteiger partial charge in [-0.05, 0) is 43.4 Å². The molecule has 0 amide bonds. The second-order valence-electron chi connectivity index (χ2n) is 8.52. The lowest BCUT2D eigenvalue weighted by Gasteiger charge is -2.21. The summed E-state index contributed by atoms with van der Waals surface area (Å²) in [4.78, 5) is 12.8. The maximum Gasteiger partial charge on any atom is 0.320 e. The molecule has 2 aliphatic carbocycles. The van der Waals surface area contributed by atoms with E-state index in [1.165, 1.54) is 36.6 Å². The average Bonchev–Trinajstić information content (AvgIpc) is 3.47. The highest BCUT2D eigenvalue weighted by atomic mass is 16.6. The van der Waals surface area contributed by atoms with E-state index in [-0.39, 0.29) is 11.8 Å². The number of aromatic nitrogens is 4. The number of anilines is 1. The number of nitrogen functional groups attached to an aromatic ring is 1. The fraction of sp³-hybridized carbons (Fsp3) is 0.737. The van der Waals surface area contributed by atoms with Crippen LogP contribution in [-0.4, -0.2) is 66.4 Å². The van der Waals surface area contributed by atoms with Gasteiger partial charge in [-0.3, -0.25) is 4.57 Å². The van der Waals surface area contributed by atoms with E-state index in [9.17, 15) is 15.3 Å². The van der Waals surface area contributed by atoms with Crippen molar-refractivity contribution in [3.63, 3.8) is 0 Å². The third-order valence-corrected chi connectivity index (χ3v) is 6.82. The Morgan fingerprint density at radius 1 is 1.21 bits per heavy atom. The fourth-order valence-electron chi connectivity index (χ4n) is 5.31. The number of imidazole rings is 1. The van der Waals surface area contributed by atoms with Crippen LogP contribution in [0.15, 0.2) is 6.33 Å². The molecular formula is C19H27N5O5. The van der Waals surface area contributed by atoms with Crippen LogP contribution in [0.4, 0.5) is 5.82 Å². The lowest BCUT2D eigenvalue weighted by atomic mass is 9.87. The van der Waals surface area contributed by atoms with E-state index in [4.69, 9.17) is 15.2 Å². The summed E-state index contributed by atoms with van der Waals surface area (Å²) in [5.41, 5.74) is 6.74. The molecular weight excluding hydrogens is 378 g/mol. The predicted octanol–water partition coefficient (Wildman–Crippen LogP) is 0.225. The number of rotatable bonds is 6. The van der Waals surface area contributed by atoms with Gasteiger partial charge >= 0.3 is 6.01 Å². The number of aliphatic hydroxyl groups is 3. The van der Waals surface area contributed by atoms with E-state index in [0.29, 0.717) is 17.8 Å². The van der Waals surface area contributed by atoms with Crippen molar-refractivity contribution >= 4 is 17.0 Å². The van der Waals surface area contributed by atoms with Gasteiger partial charge in [-0.25, -0.2) is 4.98 Å². The molecule has 2 bridgehead atoms. The minimum absolute atomic E-state index is 0.159. The molecule has 2 aromatic rings. The summed E-state index contributed by atoms with van der Waals surface area (Å²) in [5.74, 6) is 2.64. The van der Waals surface area contributed by atoms with E-state index < -0.39 is 31.1 Å². The van der Waals surface area contributed by atoms with Crippen LogP contribution in [0.3, 0.4) is 0 Å². The first-order valence-corrected chi connectivity index (χ1v) is 10.3. The van der Waals surface area contributed by atoms with Gasteiger partial charge in [-0.2, -0.15) is 9.97 Å². The van der Waals surface area contributed by atoms with Gasteiger partial charge in [-0.15, -0.1) is 0 Å². The smallest absolute Gasteiger partial charge is 0.320 e. The molecule has 2 saturated carbocycles. The maximum atomic E-state index is 10.3. The first-order chi connectivity index (χ1) is 14.0. The minimum atomic E-state index is -1.23. The number of nitrogens with zero attached hydrogens (tertiary/aromatic N) is 4. The third kappa shape index (κ3) is 3.24. The van der Waals surface area contributed by atoms with Crippen LogP contribution in [-0.2, 0) is 4.74 Å². The van der Waals surface area contributed by atoms with Gasteiger partial charge in [0.15, 0.2) is 23.2 Å². The van der Waals surface area contributed by atoms with Gasteiger partial charge in [0.2, 0.25) is 0 Å². The van der Waals surface area contributed by atoms with E-state index in [1.54, 1.807) is 0 Å². The molecule has 0 spiro atoms. The van der Waals surface area contributed by atoms with Crippen LogP contribution in [0.2, 0.25) is 0 Å². The molecule has 3 unspecified atom stereocenters. The molecule has 5 N–H and O–H groups in total. The molecule has 29 heavy (non-hydrogen) atoms. The molecule has 1 aliphatic heterocycles. The summed E-state index contributed by atoms with van der Waals surface area (Å²) in [6.45, 7) is 0.122. The number of aliphatic hydroxyl groups excluding tert-OH is 3. The van der Waals surface area contributed by atoms with Gasteiger partial charge in [0, 0.05) is 0 Å². The summed E-state index contributed by atoms with van der Waals surface area (Å²) >= 11 is 0. The zero-order valence-electron chi connectivity index (χ0n) is 16.1. The SMILES string of the molecule is Nc1nc(OCCC2CC3CCC2C3)nc2c1ncn2[C@@H]1O[C@H](CO)[C@@H](O)[C@H]1O. The third-order valence-electron chi connectivity index (χ3n) is 6.82. The minimum Gasteiger partial charge on any atom is -0.463 e. The van der Waals surface area contributed by atoms with Crippen molar-refractivity contribution in [1.29, 1.82) is 0 Å². The average molecular weight is 405 g/mol. The number of nitrogens with two attached hydrogens (primary N) is 1. The van der Waals surface area contributed by atoms with Crippen molar-refractivity contribution in [2.75, 3.05) is 18.9 Å². The lowest BCUT2D eigenvalue weighted by molar-refractivity contribution is -0.0511. The largest absolute Gasteiger partial charge is 0.463 e. The van der Waals surface area contributed by atoms with Crippen LogP contribution < -0.4 is 10.5 Å². The molecule has 3 fully saturated rings. The van der Waals surface area contributed by atoms with Crippen LogP contribution in [0.1, 0.15) is 38.3 Å². The van der Waals surface area contributed by atoms with Crippen molar-refractivity contribution in [3.05, 3.63) is 6.33 Å². The highest BCUT2D eigenvalue weighted by Crippen LogP contribution is 2.49. The molecule has 0 radical (unpaired) electrons. The summed E-state index contributed by atoms with van der Waals surface area (Å²) in [5, 5.41) is 29.6. The van der Waals surface area contributed by atoms with Gasteiger partial charge in [0.05, 0.1) is 19.5 Å². The standard InChI is InChI=1S/C19H27N5O5/c20-16-13-17(24(8-21-13)18-15(27)14(26)12(7-25)29-18)23-19(22-16)28-4-3-11-6-9-1-2-10(11)5-9/h8-12,14-15,18,25-27H,1-7H2,(H2,20,22,23)/t9?,10?,11?,12-,14-,15-,18-/m1/s1. The van der Waals surface area contributed by atoms with Crippen molar-refractivity contribution < 1.29 is 24.8 Å². The van der Waals surface area contributed by atoms with Crippen molar-refractivity contribution in [1.82, 2.24) is 19.5 Å². The normalized spacial score (nSPS) is 36.3. The summed E-state index contributed by atoms with van der Waals surface area (Å²) < 4.78 is 12.9. The van der Waals surface area contributed by atoms with Crippen molar-refractivity contribution in [2.45, 2.75) is 56.6 Å². The number of hydrogen-bond acceptors (Lipinski definition) is 9. The summed E-state index contributed by atoms with van der Waals surface area (Å²) in [7, 11) is 0. The van der Waals surface area contributed by atoms with Crippen LogP contribution in [0.5, 0.6) is 6.01 Å². The van der Waals surface area contributed by atoms with Crippen LogP contribution in [0.25, 0.3) is 11.2 Å². The van der Waals surface area contributed by atoms with Crippen LogP contribution >= 0.6 is 0 Å². The molecule has 7 atom stereocenters. The molecule has 0 aromatic carbocycles. The number of fused-ring (bicyclic) bond motifs is 3. The quantitative estimate of drug-likeness (QED) is 0.529. The summed E-state index contributed by atoms with van der Waals surface area (Å²) in [6.07, 6.45) is 3.52. The zero-order valence-corrected chi connectivity index (χ0v) is 16.1. The molecule has 1 saturated heterocycles. The van der Waals surface area contributed by atoms with Crippen molar-refractivity contribution in [2.24, 2.45) is 17.8 Å². The Bertz CT molecular complexity index is 891. The highest BCUT2D eigenvalue weighted by Gasteiger charge is 2.44. The first-order valence-electron chi connectivity index (χ1n) is 10.3. The topological polar surface area (TPSA) is 149 Å². The van der Waals surface area contributed by atoms with Crippen molar-refractivity contribution in [3.8, 4) is 6.01 Å². The Kier molecular flexibility index (Phi) is 4.81. The second-order valence-corrected chi connectivity index (χ2v) is 8.52. The molecule has 10 heteroatoms. The zero-order chi connectivity index (χ0) is 20.1. The molecule has 5 rings (SSSR count). The first kappa shape index (κ1) is 19.0. The molecule has 3 heterocycles. The Hall–Kier alpha value is -2.01. The monoisotopic (exact) mass is 405 g/mol. The number of ether oxygens (including phenoxy) is 2. The Morgan fingerprint density at radius 3 is 2.76 bits per heavy atom. The molecule has 2 aromatic heterocycles. The molecule has 10 nitrogen and oxygen atoms in total. The second kappa shape index (κ2) is 7.35. The van der Waals surface area contributed by atoms with Crippen LogP contribution in [0, 0.1) is 17.8 Å². The predicted molar refractivity (Wildman–Crippen MR) is 102 cm³/mol. The van der Waals surface area contributed by atoms with E-state index in [1.807, 2.05) is 0 Å². The van der Waals surface area contributed by atoms with Gasteiger partial charge in [0.25, 0.3) is 0 Å². The highest BCUT2D eigenvalue weighted by molar-refractivity contribution is 5.82. The Labute approximate surface area is 167 Å². The van der Waals surface area contributed by atoms with E-state index in [2.05, 4.69) is 15.0 Å². The van der Waals surface area contributed by atoms with E-state index >= 15 is 0 Å². The molecule has 158 valence electrons. The van der Waals surface area contributed by atoms with Gasteiger partial charge < -0.3 is 30.5 Å². The van der Waals surface area contributed by atoms with E-state index in [0.717, 1.165) is 24.2 Å². The lowest BCUT2D eigenvalue weighted by Crippen LogP contribution is -2.33. The van der Waals surface area contributed by atoms with Gasteiger partial charge in [0.1, 0.15) is 18.3 Å². The Morgan fingerprint density at radius 2 is 2.07 bits per heavy atom.